The van der Waals surface area contributed by atoms with Gasteiger partial charge in [0, 0.05) is 30.9 Å². The molecule has 0 atom stereocenters. The first-order chi connectivity index (χ1) is 12.0. The largest absolute Gasteiger partial charge is 0.398 e. The van der Waals surface area contributed by atoms with Gasteiger partial charge < -0.3 is 16.0 Å². The van der Waals surface area contributed by atoms with Gasteiger partial charge in [-0.2, -0.15) is 0 Å². The van der Waals surface area contributed by atoms with Gasteiger partial charge in [-0.1, -0.05) is 0 Å². The number of aryl methyl sites for hydroxylation is 1. The number of pyridine rings is 1. The van der Waals surface area contributed by atoms with E-state index in [4.69, 9.17) is 5.73 Å². The number of nitrogens with one attached hydrogen (secondary N) is 1. The van der Waals surface area contributed by atoms with Crippen molar-refractivity contribution >= 4 is 28.8 Å². The maximum atomic E-state index is 12.5. The smallest absolute Gasteiger partial charge is 0.270 e. The quantitative estimate of drug-likeness (QED) is 0.502. The maximum Gasteiger partial charge on any atom is 0.270 e. The molecule has 3 rings (SSSR count). The highest BCUT2D eigenvalue weighted by molar-refractivity contribution is 6.08. The molecule has 1 aromatic carbocycles. The number of nitrogens with zero attached hydrogens (tertiary/aromatic N) is 3. The van der Waals surface area contributed by atoms with E-state index in [1.165, 1.54) is 18.2 Å². The second-order valence-corrected chi connectivity index (χ2v) is 5.98. The molecule has 1 amide bonds. The highest BCUT2D eigenvalue weighted by atomic mass is 16.6. The van der Waals surface area contributed by atoms with Gasteiger partial charge in [0.25, 0.3) is 11.6 Å². The van der Waals surface area contributed by atoms with E-state index in [9.17, 15) is 14.9 Å². The third-order valence-corrected chi connectivity index (χ3v) is 4.24. The topological polar surface area (TPSA) is 114 Å². The number of nitrogen functional groups attached to an aromatic ring is 1. The lowest BCUT2D eigenvalue weighted by Gasteiger charge is -2.18. The van der Waals surface area contributed by atoms with Crippen LogP contribution in [0.3, 0.4) is 0 Å². The number of nitro groups is 1. The number of aromatic nitrogens is 1. The summed E-state index contributed by atoms with van der Waals surface area (Å²) in [5.74, 6) is 0.392. The van der Waals surface area contributed by atoms with Crippen LogP contribution in [0.25, 0.3) is 0 Å². The molecule has 1 saturated heterocycles. The number of rotatable bonds is 4. The number of anilines is 3. The van der Waals surface area contributed by atoms with E-state index < -0.39 is 10.8 Å². The fraction of sp³-hybridized carbons (Fsp3) is 0.294. The summed E-state index contributed by atoms with van der Waals surface area (Å²) in [4.78, 5) is 29.5. The minimum Gasteiger partial charge on any atom is -0.398 e. The molecule has 0 spiro atoms. The van der Waals surface area contributed by atoms with Crippen molar-refractivity contribution in [3.05, 3.63) is 51.7 Å². The molecule has 130 valence electrons. The summed E-state index contributed by atoms with van der Waals surface area (Å²) in [6.45, 7) is 3.79. The average Bonchev–Trinajstić information content (AvgIpc) is 3.11. The number of carbonyl (C=O) groups is 1. The highest BCUT2D eigenvalue weighted by Gasteiger charge is 2.18. The van der Waals surface area contributed by atoms with Crippen LogP contribution in [0.4, 0.5) is 22.9 Å². The van der Waals surface area contributed by atoms with Gasteiger partial charge in [-0.05, 0) is 38.0 Å². The lowest BCUT2D eigenvalue weighted by atomic mass is 10.1. The van der Waals surface area contributed by atoms with E-state index >= 15 is 0 Å². The van der Waals surface area contributed by atoms with E-state index in [1.807, 2.05) is 13.0 Å². The Morgan fingerprint density at radius 1 is 1.28 bits per heavy atom. The summed E-state index contributed by atoms with van der Waals surface area (Å²) >= 11 is 0. The van der Waals surface area contributed by atoms with Crippen molar-refractivity contribution in [3.8, 4) is 0 Å². The first kappa shape index (κ1) is 16.7. The monoisotopic (exact) mass is 341 g/mol. The second kappa shape index (κ2) is 6.76. The zero-order valence-electron chi connectivity index (χ0n) is 13.9. The number of hydrogen-bond donors (Lipinski definition) is 2. The van der Waals surface area contributed by atoms with Crippen molar-refractivity contribution < 1.29 is 9.72 Å². The fourth-order valence-corrected chi connectivity index (χ4v) is 2.85. The number of amides is 1. The summed E-state index contributed by atoms with van der Waals surface area (Å²) in [7, 11) is 0. The Morgan fingerprint density at radius 3 is 2.64 bits per heavy atom. The molecule has 3 N–H and O–H groups in total. The molecular formula is C17H19N5O3. The molecule has 0 unspecified atom stereocenters. The molecule has 8 heteroatoms. The summed E-state index contributed by atoms with van der Waals surface area (Å²) < 4.78 is 0. The van der Waals surface area contributed by atoms with Gasteiger partial charge in [-0.25, -0.2) is 4.98 Å². The number of hydrogen-bond acceptors (Lipinski definition) is 6. The molecule has 0 saturated carbocycles. The molecule has 1 aromatic heterocycles. The van der Waals surface area contributed by atoms with Crippen molar-refractivity contribution in [1.29, 1.82) is 0 Å². The molecule has 1 fully saturated rings. The first-order valence-electron chi connectivity index (χ1n) is 8.03. The molecule has 8 nitrogen and oxygen atoms in total. The lowest BCUT2D eigenvalue weighted by molar-refractivity contribution is -0.384. The zero-order valence-corrected chi connectivity index (χ0v) is 13.9. The van der Waals surface area contributed by atoms with E-state index in [0.717, 1.165) is 31.7 Å². The van der Waals surface area contributed by atoms with Crippen LogP contribution in [0, 0.1) is 17.0 Å². The van der Waals surface area contributed by atoms with Gasteiger partial charge in [0.15, 0.2) is 0 Å². The third-order valence-electron chi connectivity index (χ3n) is 4.24. The van der Waals surface area contributed by atoms with Crippen molar-refractivity contribution in [3.63, 3.8) is 0 Å². The molecule has 0 aliphatic carbocycles. The molecular weight excluding hydrogens is 322 g/mol. The predicted molar refractivity (Wildman–Crippen MR) is 95.9 cm³/mol. The van der Waals surface area contributed by atoms with Crippen LogP contribution in [-0.2, 0) is 0 Å². The summed E-state index contributed by atoms with van der Waals surface area (Å²) in [6, 6.07) is 7.45. The van der Waals surface area contributed by atoms with Crippen molar-refractivity contribution in [1.82, 2.24) is 4.98 Å². The Morgan fingerprint density at radius 2 is 2.00 bits per heavy atom. The van der Waals surface area contributed by atoms with Crippen LogP contribution >= 0.6 is 0 Å². The zero-order chi connectivity index (χ0) is 18.0. The summed E-state index contributed by atoms with van der Waals surface area (Å²) in [5.41, 5.74) is 7.09. The van der Waals surface area contributed by atoms with Crippen molar-refractivity contribution in [2.45, 2.75) is 19.8 Å². The van der Waals surface area contributed by atoms with E-state index in [0.29, 0.717) is 11.4 Å². The number of benzene rings is 1. The minimum absolute atomic E-state index is 0.0669. The van der Waals surface area contributed by atoms with Crippen LogP contribution in [0.15, 0.2) is 30.3 Å². The first-order valence-corrected chi connectivity index (χ1v) is 8.03. The molecule has 1 aliphatic rings. The van der Waals surface area contributed by atoms with Gasteiger partial charge in [0.1, 0.15) is 5.82 Å². The van der Waals surface area contributed by atoms with Crippen LogP contribution in [0.2, 0.25) is 0 Å². The molecule has 2 aromatic rings. The highest BCUT2D eigenvalue weighted by Crippen LogP contribution is 2.24. The van der Waals surface area contributed by atoms with Gasteiger partial charge >= 0.3 is 0 Å². The summed E-state index contributed by atoms with van der Waals surface area (Å²) in [5, 5.41) is 13.6. The van der Waals surface area contributed by atoms with Crippen LogP contribution in [0.1, 0.15) is 28.9 Å². The Kier molecular flexibility index (Phi) is 4.51. The van der Waals surface area contributed by atoms with Crippen molar-refractivity contribution in [2.75, 3.05) is 29.0 Å². The SMILES string of the molecule is Cc1nc(N2CCCC2)ccc1NC(=O)c1cc([N+](=O)[O-])ccc1N. The van der Waals surface area contributed by atoms with Crippen molar-refractivity contribution in [2.24, 2.45) is 0 Å². The average molecular weight is 341 g/mol. The number of nitro benzene ring substituents is 1. The Labute approximate surface area is 144 Å². The van der Waals surface area contributed by atoms with Gasteiger partial charge in [-0.15, -0.1) is 0 Å². The minimum atomic E-state index is -0.562. The van der Waals surface area contributed by atoms with Gasteiger partial charge in [0.2, 0.25) is 0 Å². The Bertz CT molecular complexity index is 831. The molecule has 25 heavy (non-hydrogen) atoms. The lowest BCUT2D eigenvalue weighted by Crippen LogP contribution is -2.20. The predicted octanol–water partition coefficient (Wildman–Crippen LogP) is 2.73. The fourth-order valence-electron chi connectivity index (χ4n) is 2.85. The Balaban J connectivity index is 1.81. The number of carbonyl (C=O) groups excluding carboxylic acids is 1. The number of non-ortho nitro benzene ring substituents is 1. The molecule has 0 radical (unpaired) electrons. The van der Waals surface area contributed by atoms with Crippen LogP contribution < -0.4 is 16.0 Å². The summed E-state index contributed by atoms with van der Waals surface area (Å²) in [6.07, 6.45) is 2.32. The van der Waals surface area contributed by atoms with Gasteiger partial charge in [-0.3, -0.25) is 14.9 Å². The number of nitrogens with two attached hydrogens (primary N) is 1. The molecule has 1 aliphatic heterocycles. The maximum absolute atomic E-state index is 12.5. The van der Waals surface area contributed by atoms with Crippen LogP contribution in [0.5, 0.6) is 0 Å². The Hall–Kier alpha value is -3.16. The van der Waals surface area contributed by atoms with Gasteiger partial charge in [0.05, 0.1) is 21.9 Å². The standard InChI is InChI=1S/C17H19N5O3/c1-11-15(6-7-16(19-11)21-8-2-3-9-21)20-17(23)13-10-12(22(24)25)4-5-14(13)18/h4-7,10H,2-3,8-9,18H2,1H3,(H,20,23). The van der Waals surface area contributed by atoms with Crippen LogP contribution in [-0.4, -0.2) is 28.9 Å². The second-order valence-electron chi connectivity index (χ2n) is 5.98. The normalized spacial score (nSPS) is 13.7. The third kappa shape index (κ3) is 3.52. The van der Waals surface area contributed by atoms with E-state index in [1.54, 1.807) is 6.07 Å². The molecule has 0 bridgehead atoms. The van der Waals surface area contributed by atoms with E-state index in [-0.39, 0.29) is 16.9 Å². The van der Waals surface area contributed by atoms with E-state index in [2.05, 4.69) is 15.2 Å². The molecule has 2 heterocycles.